The molecule has 2 aromatic rings. The SMILES string of the molecule is CCCCOc1nc(N)c([N+](=O)[O-])c(N2CCN(C(=O)c3ccc(OCCN4CCCC4)nc3)CCC2C(=O)OCC)n1. The van der Waals surface area contributed by atoms with Gasteiger partial charge >= 0.3 is 17.7 Å². The van der Waals surface area contributed by atoms with Crippen molar-refractivity contribution < 1.29 is 28.7 Å². The van der Waals surface area contributed by atoms with Gasteiger partial charge in [0.1, 0.15) is 12.6 Å². The first-order valence-corrected chi connectivity index (χ1v) is 14.8. The van der Waals surface area contributed by atoms with Crippen molar-refractivity contribution in [1.82, 2.24) is 24.8 Å². The summed E-state index contributed by atoms with van der Waals surface area (Å²) in [5.74, 6) is -0.982. The quantitative estimate of drug-likeness (QED) is 0.153. The zero-order valence-corrected chi connectivity index (χ0v) is 24.8. The van der Waals surface area contributed by atoms with Crippen LogP contribution in [0.25, 0.3) is 0 Å². The van der Waals surface area contributed by atoms with Crippen molar-refractivity contribution in [2.45, 2.75) is 52.0 Å². The van der Waals surface area contributed by atoms with Gasteiger partial charge in [0, 0.05) is 38.4 Å². The van der Waals surface area contributed by atoms with Crippen LogP contribution in [-0.4, -0.2) is 107 Å². The van der Waals surface area contributed by atoms with Crippen molar-refractivity contribution in [1.29, 1.82) is 0 Å². The molecule has 4 heterocycles. The number of pyridine rings is 1. The van der Waals surface area contributed by atoms with Gasteiger partial charge in [0.25, 0.3) is 5.91 Å². The zero-order valence-electron chi connectivity index (χ0n) is 24.8. The van der Waals surface area contributed by atoms with Gasteiger partial charge in [-0.05, 0) is 51.8 Å². The first kappa shape index (κ1) is 31.7. The second kappa shape index (κ2) is 15.3. The van der Waals surface area contributed by atoms with Crippen LogP contribution in [0.15, 0.2) is 18.3 Å². The molecule has 4 rings (SSSR count). The molecule has 0 spiro atoms. The van der Waals surface area contributed by atoms with Gasteiger partial charge in [-0.2, -0.15) is 9.97 Å². The van der Waals surface area contributed by atoms with Crippen molar-refractivity contribution in [3.05, 3.63) is 34.0 Å². The highest BCUT2D eigenvalue weighted by atomic mass is 16.6. The van der Waals surface area contributed by atoms with Gasteiger partial charge in [-0.15, -0.1) is 0 Å². The first-order chi connectivity index (χ1) is 20.8. The normalized spacial score (nSPS) is 17.4. The number of aromatic nitrogens is 3. The number of carbonyl (C=O) groups excluding carboxylic acids is 2. The number of likely N-dealkylation sites (tertiary alicyclic amines) is 1. The monoisotopic (exact) mass is 600 g/mol. The summed E-state index contributed by atoms with van der Waals surface area (Å²) in [7, 11) is 0. The summed E-state index contributed by atoms with van der Waals surface area (Å²) in [6.07, 6.45) is 5.62. The molecule has 15 nitrogen and oxygen atoms in total. The van der Waals surface area contributed by atoms with Crippen LogP contribution in [0.4, 0.5) is 17.3 Å². The van der Waals surface area contributed by atoms with E-state index in [4.69, 9.17) is 19.9 Å². The molecule has 0 aliphatic carbocycles. The number of esters is 1. The standard InChI is InChI=1S/C28H40N8O7/c1-3-5-17-43-28-31-24(29)23(36(39)40)25(32-28)35-15-14-34(13-10-21(35)27(38)41-4-2)26(37)20-8-9-22(30-19-20)42-18-16-33-11-6-7-12-33/h8-9,19,21H,3-7,10-18H2,1-2H3,(H2,29,31,32). The maximum Gasteiger partial charge on any atom is 0.353 e. The fourth-order valence-electron chi connectivity index (χ4n) is 5.12. The highest BCUT2D eigenvalue weighted by Gasteiger charge is 2.38. The van der Waals surface area contributed by atoms with E-state index in [9.17, 15) is 19.7 Å². The second-order valence-electron chi connectivity index (χ2n) is 10.3. The Kier molecular flexibility index (Phi) is 11.2. The number of nitro groups is 1. The van der Waals surface area contributed by atoms with Gasteiger partial charge in [0.05, 0.1) is 23.7 Å². The van der Waals surface area contributed by atoms with Crippen LogP contribution >= 0.6 is 0 Å². The Morgan fingerprint density at radius 1 is 1.07 bits per heavy atom. The molecule has 0 saturated carbocycles. The number of unbranched alkanes of at least 4 members (excludes halogenated alkanes) is 1. The first-order valence-electron chi connectivity index (χ1n) is 14.8. The van der Waals surface area contributed by atoms with E-state index in [1.54, 1.807) is 24.0 Å². The molecule has 43 heavy (non-hydrogen) atoms. The maximum absolute atomic E-state index is 13.5. The molecular formula is C28H40N8O7. The number of nitrogens with zero attached hydrogens (tertiary/aromatic N) is 7. The molecule has 2 fully saturated rings. The highest BCUT2D eigenvalue weighted by molar-refractivity contribution is 5.94. The fraction of sp³-hybridized carbons (Fsp3) is 0.607. The van der Waals surface area contributed by atoms with Crippen molar-refractivity contribution >= 4 is 29.2 Å². The molecule has 1 amide bonds. The van der Waals surface area contributed by atoms with E-state index in [1.165, 1.54) is 23.9 Å². The number of amides is 1. The minimum absolute atomic E-state index is 0.0477. The van der Waals surface area contributed by atoms with E-state index >= 15 is 0 Å². The van der Waals surface area contributed by atoms with Crippen LogP contribution < -0.4 is 20.1 Å². The summed E-state index contributed by atoms with van der Waals surface area (Å²) in [6.45, 7) is 7.98. The predicted octanol–water partition coefficient (Wildman–Crippen LogP) is 2.30. The molecule has 0 bridgehead atoms. The van der Waals surface area contributed by atoms with Crippen molar-refractivity contribution in [2.24, 2.45) is 0 Å². The van der Waals surface area contributed by atoms with Crippen molar-refractivity contribution in [3.8, 4) is 11.9 Å². The van der Waals surface area contributed by atoms with Gasteiger partial charge in [-0.3, -0.25) is 19.8 Å². The second-order valence-corrected chi connectivity index (χ2v) is 10.3. The molecule has 15 heteroatoms. The third-order valence-electron chi connectivity index (χ3n) is 7.40. The van der Waals surface area contributed by atoms with Crippen molar-refractivity contribution in [3.63, 3.8) is 0 Å². The smallest absolute Gasteiger partial charge is 0.353 e. The van der Waals surface area contributed by atoms with E-state index in [-0.39, 0.29) is 56.2 Å². The van der Waals surface area contributed by atoms with E-state index in [0.717, 1.165) is 32.5 Å². The molecule has 2 N–H and O–H groups in total. The molecule has 2 saturated heterocycles. The highest BCUT2D eigenvalue weighted by Crippen LogP contribution is 2.35. The summed E-state index contributed by atoms with van der Waals surface area (Å²) in [6, 6.07) is 2.23. The number of rotatable bonds is 13. The van der Waals surface area contributed by atoms with Gasteiger partial charge in [0.2, 0.25) is 17.5 Å². The minimum atomic E-state index is -0.959. The third-order valence-corrected chi connectivity index (χ3v) is 7.40. The van der Waals surface area contributed by atoms with Crippen LogP contribution in [0.1, 0.15) is 56.3 Å². The zero-order chi connectivity index (χ0) is 30.8. The topological polar surface area (TPSA) is 179 Å². The summed E-state index contributed by atoms with van der Waals surface area (Å²) in [5.41, 5.74) is 5.80. The Hall–Kier alpha value is -4.27. The van der Waals surface area contributed by atoms with Crippen LogP contribution in [0.2, 0.25) is 0 Å². The molecule has 0 radical (unpaired) electrons. The molecule has 2 aliphatic rings. The maximum atomic E-state index is 13.5. The average molecular weight is 601 g/mol. The average Bonchev–Trinajstić information content (AvgIpc) is 3.41. The van der Waals surface area contributed by atoms with Gasteiger partial charge in [-0.25, -0.2) is 9.78 Å². The number of hydrogen-bond acceptors (Lipinski definition) is 13. The Balaban J connectivity index is 1.52. The summed E-state index contributed by atoms with van der Waals surface area (Å²) < 4.78 is 16.6. The fourth-order valence-corrected chi connectivity index (χ4v) is 5.12. The summed E-state index contributed by atoms with van der Waals surface area (Å²) in [4.78, 5) is 55.8. The molecule has 1 unspecified atom stereocenters. The Morgan fingerprint density at radius 3 is 2.53 bits per heavy atom. The molecule has 2 aromatic heterocycles. The Bertz CT molecular complexity index is 1260. The lowest BCUT2D eigenvalue weighted by molar-refractivity contribution is -0.383. The van der Waals surface area contributed by atoms with Gasteiger partial charge in [0.15, 0.2) is 0 Å². The lowest BCUT2D eigenvalue weighted by Gasteiger charge is -2.28. The molecule has 234 valence electrons. The number of ether oxygens (including phenoxy) is 3. The van der Waals surface area contributed by atoms with E-state index in [1.807, 2.05) is 6.92 Å². The van der Waals surface area contributed by atoms with Crippen LogP contribution in [0, 0.1) is 10.1 Å². The van der Waals surface area contributed by atoms with Gasteiger partial charge in [-0.1, -0.05) is 13.3 Å². The van der Waals surface area contributed by atoms with Crippen LogP contribution in [0.3, 0.4) is 0 Å². The third kappa shape index (κ3) is 8.18. The number of nitrogen functional groups attached to an aromatic ring is 1. The number of carbonyl (C=O) groups is 2. The largest absolute Gasteiger partial charge is 0.476 e. The number of nitrogens with two attached hydrogens (primary N) is 1. The van der Waals surface area contributed by atoms with Crippen LogP contribution in [-0.2, 0) is 9.53 Å². The number of hydrogen-bond donors (Lipinski definition) is 1. The lowest BCUT2D eigenvalue weighted by Crippen LogP contribution is -2.44. The summed E-state index contributed by atoms with van der Waals surface area (Å²) in [5, 5.41) is 12.0. The predicted molar refractivity (Wildman–Crippen MR) is 157 cm³/mol. The molecule has 2 aliphatic heterocycles. The van der Waals surface area contributed by atoms with E-state index < -0.39 is 22.6 Å². The Labute approximate surface area is 250 Å². The lowest BCUT2D eigenvalue weighted by atomic mass is 10.1. The van der Waals surface area contributed by atoms with Crippen LogP contribution in [0.5, 0.6) is 11.9 Å². The van der Waals surface area contributed by atoms with E-state index in [0.29, 0.717) is 24.7 Å². The molecule has 1 atom stereocenters. The minimum Gasteiger partial charge on any atom is -0.476 e. The Morgan fingerprint density at radius 2 is 1.86 bits per heavy atom. The van der Waals surface area contributed by atoms with E-state index in [2.05, 4.69) is 19.9 Å². The molecular weight excluding hydrogens is 560 g/mol. The van der Waals surface area contributed by atoms with Gasteiger partial charge < -0.3 is 29.7 Å². The number of anilines is 2. The molecule has 0 aromatic carbocycles. The van der Waals surface area contributed by atoms with Crippen molar-refractivity contribution in [2.75, 3.05) is 69.7 Å². The summed E-state index contributed by atoms with van der Waals surface area (Å²) >= 11 is 0.